The Hall–Kier alpha value is -7.94. The highest BCUT2D eigenvalue weighted by molar-refractivity contribution is 6.21. The van der Waals surface area contributed by atoms with Crippen molar-refractivity contribution in [3.8, 4) is 44.5 Å². The lowest BCUT2D eigenvalue weighted by atomic mass is 9.87. The van der Waals surface area contributed by atoms with E-state index < -0.39 is 0 Å². The van der Waals surface area contributed by atoms with E-state index in [0.717, 1.165) is 28.5 Å². The smallest absolute Gasteiger partial charge is 0.0794 e. The number of fused-ring (bicyclic) bond motifs is 10. The minimum atomic E-state index is 0.307. The van der Waals surface area contributed by atoms with Gasteiger partial charge >= 0.3 is 0 Å². The lowest BCUT2D eigenvalue weighted by molar-refractivity contribution is 0.781. The van der Waals surface area contributed by atoms with Crippen LogP contribution in [0.5, 0.6) is 0 Å². The number of benzene rings is 10. The summed E-state index contributed by atoms with van der Waals surface area (Å²) < 4.78 is 0. The molecule has 1 atom stereocenters. The lowest BCUT2D eigenvalue weighted by Crippen LogP contribution is -2.01. The van der Waals surface area contributed by atoms with Gasteiger partial charge in [-0.1, -0.05) is 207 Å². The van der Waals surface area contributed by atoms with Crippen LogP contribution in [0.1, 0.15) is 30.4 Å². The first-order valence-electron chi connectivity index (χ1n) is 22.3. The van der Waals surface area contributed by atoms with Gasteiger partial charge in [-0.2, -0.15) is 0 Å². The molecular weight excluding hydrogens is 773 g/mol. The summed E-state index contributed by atoms with van der Waals surface area (Å²) >= 11 is 0. The third kappa shape index (κ3) is 6.09. The Bertz CT molecular complexity index is 3730. The Kier molecular flexibility index (Phi) is 8.95. The molecule has 302 valence electrons. The topological polar surface area (TPSA) is 25.8 Å². The minimum Gasteiger partial charge on any atom is -0.247 e. The number of nitrogens with zero attached hydrogens (tertiary/aromatic N) is 2. The molecule has 0 bridgehead atoms. The van der Waals surface area contributed by atoms with Crippen LogP contribution in [-0.2, 0) is 0 Å². The van der Waals surface area contributed by atoms with Crippen LogP contribution in [0.25, 0.3) is 120 Å². The molecule has 12 aromatic rings. The van der Waals surface area contributed by atoms with Gasteiger partial charge in [0.05, 0.1) is 22.1 Å². The van der Waals surface area contributed by atoms with Crippen molar-refractivity contribution in [1.29, 1.82) is 0 Å². The summed E-state index contributed by atoms with van der Waals surface area (Å²) in [4.78, 5) is 10.9. The Morgan fingerprint density at radius 3 is 1.09 bits per heavy atom. The summed E-state index contributed by atoms with van der Waals surface area (Å²) in [5.74, 6) is 0.307. The fourth-order valence-electron chi connectivity index (χ4n) is 10.4. The molecule has 0 aliphatic carbocycles. The van der Waals surface area contributed by atoms with Gasteiger partial charge in [0, 0.05) is 48.8 Å². The van der Waals surface area contributed by atoms with Crippen molar-refractivity contribution >= 4 is 75.9 Å². The molecule has 0 aliphatic heterocycles. The van der Waals surface area contributed by atoms with E-state index >= 15 is 0 Å². The van der Waals surface area contributed by atoms with Gasteiger partial charge in [-0.25, -0.2) is 9.97 Å². The second kappa shape index (κ2) is 15.1. The Labute approximate surface area is 372 Å². The van der Waals surface area contributed by atoms with E-state index in [9.17, 15) is 0 Å². The molecule has 0 aliphatic rings. The van der Waals surface area contributed by atoms with Gasteiger partial charge in [0.15, 0.2) is 0 Å². The van der Waals surface area contributed by atoms with Crippen molar-refractivity contribution in [1.82, 2.24) is 9.97 Å². The van der Waals surface area contributed by atoms with Gasteiger partial charge < -0.3 is 0 Å². The van der Waals surface area contributed by atoms with Crippen molar-refractivity contribution in [2.45, 2.75) is 26.2 Å². The quantitative estimate of drug-likeness (QED) is 0.0910. The molecule has 0 spiro atoms. The second-order valence-corrected chi connectivity index (χ2v) is 17.4. The first kappa shape index (κ1) is 37.8. The Morgan fingerprint density at radius 1 is 0.375 bits per heavy atom. The first-order valence-corrected chi connectivity index (χ1v) is 22.3. The van der Waals surface area contributed by atoms with Crippen LogP contribution in [0.2, 0.25) is 0 Å². The predicted octanol–water partition coefficient (Wildman–Crippen LogP) is 17.2. The first-order chi connectivity index (χ1) is 31.5. The number of pyridine rings is 2. The van der Waals surface area contributed by atoms with E-state index in [4.69, 9.17) is 9.97 Å². The summed E-state index contributed by atoms with van der Waals surface area (Å²) in [5.41, 5.74) is 16.4. The molecule has 0 fully saturated rings. The normalized spacial score (nSPS) is 12.3. The van der Waals surface area contributed by atoms with Gasteiger partial charge in [-0.05, 0) is 79.9 Å². The van der Waals surface area contributed by atoms with E-state index in [1.54, 1.807) is 0 Å². The molecule has 0 saturated carbocycles. The number of rotatable bonds is 7. The van der Waals surface area contributed by atoms with Crippen LogP contribution >= 0.6 is 0 Å². The third-order valence-corrected chi connectivity index (χ3v) is 13.6. The zero-order valence-electron chi connectivity index (χ0n) is 35.9. The monoisotopic (exact) mass is 816 g/mol. The van der Waals surface area contributed by atoms with E-state index in [1.807, 2.05) is 6.08 Å². The number of hydrogen-bond acceptors (Lipinski definition) is 2. The summed E-state index contributed by atoms with van der Waals surface area (Å²) in [5, 5.41) is 11.8. The van der Waals surface area contributed by atoms with Gasteiger partial charge in [0.1, 0.15) is 0 Å². The standard InChI is InChI=1S/C62H44N2/c1-4-11-38(2)56-39(3)18-34-55-58(54-37-33-46-14-7-10-17-51(46)61(54)64-62(55)56)48-29-25-43(26-30-48)41-21-19-40(20-22-41)42-23-27-47(28-24-42)57-52-35-31-44-12-5-8-15-49(44)59(52)63-60-50-16-9-6-13-45(50)32-36-53(57)60/h4-10,12-38H,1,11H2,2-3H3. The SMILES string of the molecule is C=CCC(C)c1c(C)ccc2c(-c3ccc(-c4ccc(-c5ccc(-c6c7ccc8ccccc8c7nc7c6ccc6ccccc67)cc5)cc4)cc3)c3ccc4ccccc4c3nc12. The summed E-state index contributed by atoms with van der Waals surface area (Å²) in [6.07, 6.45) is 2.93. The van der Waals surface area contributed by atoms with Crippen LogP contribution in [0.4, 0.5) is 0 Å². The molecular formula is C62H44N2. The highest BCUT2D eigenvalue weighted by Crippen LogP contribution is 2.43. The molecule has 2 aromatic heterocycles. The largest absolute Gasteiger partial charge is 0.247 e. The molecule has 0 N–H and O–H groups in total. The van der Waals surface area contributed by atoms with Crippen LogP contribution < -0.4 is 0 Å². The second-order valence-electron chi connectivity index (χ2n) is 17.4. The summed E-state index contributed by atoms with van der Waals surface area (Å²) in [6, 6.07) is 70.9. The van der Waals surface area contributed by atoms with Gasteiger partial charge in [0.2, 0.25) is 0 Å². The minimum absolute atomic E-state index is 0.307. The zero-order valence-corrected chi connectivity index (χ0v) is 35.9. The maximum absolute atomic E-state index is 5.48. The summed E-state index contributed by atoms with van der Waals surface area (Å²) in [6.45, 7) is 8.58. The third-order valence-electron chi connectivity index (χ3n) is 13.6. The van der Waals surface area contributed by atoms with E-state index in [-0.39, 0.29) is 0 Å². The van der Waals surface area contributed by atoms with E-state index in [1.165, 1.54) is 109 Å². The highest BCUT2D eigenvalue weighted by atomic mass is 14.7. The molecule has 1 unspecified atom stereocenters. The maximum atomic E-state index is 5.48. The van der Waals surface area contributed by atoms with Crippen molar-refractivity contribution in [2.24, 2.45) is 0 Å². The molecule has 0 saturated heterocycles. The Morgan fingerprint density at radius 2 is 0.703 bits per heavy atom. The molecule has 0 radical (unpaired) electrons. The van der Waals surface area contributed by atoms with E-state index in [0.29, 0.717) is 5.92 Å². The van der Waals surface area contributed by atoms with Crippen molar-refractivity contribution in [3.63, 3.8) is 0 Å². The highest BCUT2D eigenvalue weighted by Gasteiger charge is 2.20. The fourth-order valence-corrected chi connectivity index (χ4v) is 10.4. The van der Waals surface area contributed by atoms with Crippen LogP contribution in [0, 0.1) is 6.92 Å². The number of allylic oxidation sites excluding steroid dienone is 1. The molecule has 10 aromatic carbocycles. The molecule has 2 nitrogen and oxygen atoms in total. The molecule has 64 heavy (non-hydrogen) atoms. The van der Waals surface area contributed by atoms with Crippen molar-refractivity contribution in [3.05, 3.63) is 218 Å². The number of aromatic nitrogens is 2. The van der Waals surface area contributed by atoms with Gasteiger partial charge in [0.25, 0.3) is 0 Å². The maximum Gasteiger partial charge on any atom is 0.0794 e. The average Bonchev–Trinajstić information content (AvgIpc) is 3.35. The van der Waals surface area contributed by atoms with Crippen molar-refractivity contribution < 1.29 is 0 Å². The fraction of sp³-hybridized carbons (Fsp3) is 0.0645. The summed E-state index contributed by atoms with van der Waals surface area (Å²) in [7, 11) is 0. The zero-order chi connectivity index (χ0) is 42.9. The predicted molar refractivity (Wildman–Crippen MR) is 274 cm³/mol. The lowest BCUT2D eigenvalue weighted by Gasteiger charge is -2.20. The molecule has 2 heteroatoms. The van der Waals surface area contributed by atoms with Gasteiger partial charge in [-0.15, -0.1) is 6.58 Å². The molecule has 0 amide bonds. The van der Waals surface area contributed by atoms with Gasteiger partial charge in [-0.3, -0.25) is 0 Å². The number of hydrogen-bond donors (Lipinski definition) is 0. The molecule has 12 rings (SSSR count). The van der Waals surface area contributed by atoms with Crippen LogP contribution in [0.15, 0.2) is 207 Å². The Balaban J connectivity index is 0.907. The number of aryl methyl sites for hydroxylation is 1. The van der Waals surface area contributed by atoms with Crippen molar-refractivity contribution in [2.75, 3.05) is 0 Å². The van der Waals surface area contributed by atoms with Crippen LogP contribution in [0.3, 0.4) is 0 Å². The van der Waals surface area contributed by atoms with E-state index in [2.05, 4.69) is 215 Å². The van der Waals surface area contributed by atoms with Crippen LogP contribution in [-0.4, -0.2) is 9.97 Å². The molecule has 2 heterocycles. The average molecular weight is 817 g/mol.